The first-order chi connectivity index (χ1) is 14.6. The third-order valence-electron chi connectivity index (χ3n) is 4.59. The molecule has 31 heavy (non-hydrogen) atoms. The van der Waals surface area contributed by atoms with Crippen molar-refractivity contribution < 1.29 is 17.9 Å². The molecule has 0 aliphatic rings. The van der Waals surface area contributed by atoms with Crippen molar-refractivity contribution >= 4 is 27.3 Å². The lowest BCUT2D eigenvalue weighted by atomic mass is 9.87. The summed E-state index contributed by atoms with van der Waals surface area (Å²) in [5.41, 5.74) is 1.82. The van der Waals surface area contributed by atoms with Gasteiger partial charge in [-0.15, -0.1) is 0 Å². The number of hydrogen-bond acceptors (Lipinski definition) is 4. The van der Waals surface area contributed by atoms with Crippen LogP contribution in [0.1, 0.15) is 26.3 Å². The lowest BCUT2D eigenvalue weighted by Crippen LogP contribution is -2.22. The lowest BCUT2D eigenvalue weighted by Gasteiger charge is -2.19. The molecule has 0 bridgehead atoms. The Labute approximate surface area is 183 Å². The van der Waals surface area contributed by atoms with E-state index >= 15 is 0 Å². The SMILES string of the molecule is CC(C)(C)c1ccc(OCC(=O)Nc2ccccc2NS(=O)(=O)c2ccccc2)cc1. The van der Waals surface area contributed by atoms with Crippen molar-refractivity contribution in [2.45, 2.75) is 31.1 Å². The summed E-state index contributed by atoms with van der Waals surface area (Å²) < 4.78 is 33.3. The molecule has 3 aromatic carbocycles. The van der Waals surface area contributed by atoms with Crippen LogP contribution in [0.3, 0.4) is 0 Å². The van der Waals surface area contributed by atoms with Crippen molar-refractivity contribution in [3.8, 4) is 5.75 Å². The molecular weight excluding hydrogens is 412 g/mol. The van der Waals surface area contributed by atoms with Gasteiger partial charge in [0, 0.05) is 0 Å². The van der Waals surface area contributed by atoms with E-state index in [-0.39, 0.29) is 22.6 Å². The van der Waals surface area contributed by atoms with E-state index in [0.29, 0.717) is 11.4 Å². The van der Waals surface area contributed by atoms with Gasteiger partial charge in [0.15, 0.2) is 6.61 Å². The van der Waals surface area contributed by atoms with Crippen LogP contribution in [-0.4, -0.2) is 20.9 Å². The molecular formula is C24H26N2O4S. The molecule has 0 unspecified atom stereocenters. The van der Waals surface area contributed by atoms with Crippen LogP contribution in [0.15, 0.2) is 83.8 Å². The van der Waals surface area contributed by atoms with Gasteiger partial charge >= 0.3 is 0 Å². The lowest BCUT2D eigenvalue weighted by molar-refractivity contribution is -0.118. The number of hydrogen-bond donors (Lipinski definition) is 2. The van der Waals surface area contributed by atoms with Crippen LogP contribution in [0.2, 0.25) is 0 Å². The maximum atomic E-state index is 12.6. The molecule has 2 N–H and O–H groups in total. The Kier molecular flexibility index (Phi) is 6.65. The second-order valence-electron chi connectivity index (χ2n) is 8.08. The Hall–Kier alpha value is -3.32. The molecule has 0 fully saturated rings. The maximum absolute atomic E-state index is 12.6. The predicted octanol–water partition coefficient (Wildman–Crippen LogP) is 4.80. The molecule has 3 aromatic rings. The molecule has 0 heterocycles. The van der Waals surface area contributed by atoms with Crippen LogP contribution < -0.4 is 14.8 Å². The molecule has 0 atom stereocenters. The van der Waals surface area contributed by atoms with Crippen LogP contribution in [0, 0.1) is 0 Å². The largest absolute Gasteiger partial charge is 0.484 e. The molecule has 0 aliphatic heterocycles. The molecule has 1 amide bonds. The number of carbonyl (C=O) groups is 1. The summed E-state index contributed by atoms with van der Waals surface area (Å²) in [5.74, 6) is 0.187. The van der Waals surface area contributed by atoms with E-state index in [2.05, 4.69) is 30.8 Å². The molecule has 3 rings (SSSR count). The van der Waals surface area contributed by atoms with Crippen molar-refractivity contribution in [2.24, 2.45) is 0 Å². The third-order valence-corrected chi connectivity index (χ3v) is 5.97. The maximum Gasteiger partial charge on any atom is 0.262 e. The quantitative estimate of drug-likeness (QED) is 0.555. The van der Waals surface area contributed by atoms with E-state index in [1.165, 1.54) is 17.7 Å². The molecule has 7 heteroatoms. The van der Waals surface area contributed by atoms with Gasteiger partial charge in [-0.25, -0.2) is 8.42 Å². The highest BCUT2D eigenvalue weighted by molar-refractivity contribution is 7.92. The van der Waals surface area contributed by atoms with Crippen molar-refractivity contribution in [3.63, 3.8) is 0 Å². The molecule has 0 saturated heterocycles. The number of sulfonamides is 1. The Bertz CT molecular complexity index is 1140. The first-order valence-electron chi connectivity index (χ1n) is 9.85. The highest BCUT2D eigenvalue weighted by Gasteiger charge is 2.17. The van der Waals surface area contributed by atoms with Gasteiger partial charge in [-0.1, -0.05) is 63.2 Å². The van der Waals surface area contributed by atoms with Gasteiger partial charge < -0.3 is 10.1 Å². The van der Waals surface area contributed by atoms with E-state index in [1.807, 2.05) is 24.3 Å². The van der Waals surface area contributed by atoms with Gasteiger partial charge in [0.25, 0.3) is 15.9 Å². The summed E-state index contributed by atoms with van der Waals surface area (Å²) >= 11 is 0. The first kappa shape index (κ1) is 22.4. The number of para-hydroxylation sites is 2. The summed E-state index contributed by atoms with van der Waals surface area (Å²) in [6, 6.07) is 22.2. The highest BCUT2D eigenvalue weighted by atomic mass is 32.2. The summed E-state index contributed by atoms with van der Waals surface area (Å²) in [6.45, 7) is 6.17. The van der Waals surface area contributed by atoms with E-state index < -0.39 is 15.9 Å². The van der Waals surface area contributed by atoms with Gasteiger partial charge in [-0.2, -0.15) is 0 Å². The number of rotatable bonds is 7. The van der Waals surface area contributed by atoms with Crippen LogP contribution in [-0.2, 0) is 20.2 Å². The van der Waals surface area contributed by atoms with Crippen LogP contribution >= 0.6 is 0 Å². The second-order valence-corrected chi connectivity index (χ2v) is 9.76. The molecule has 0 aromatic heterocycles. The number of benzene rings is 3. The van der Waals surface area contributed by atoms with E-state index in [4.69, 9.17) is 4.74 Å². The van der Waals surface area contributed by atoms with Crippen molar-refractivity contribution in [2.75, 3.05) is 16.6 Å². The Morgan fingerprint density at radius 2 is 1.42 bits per heavy atom. The number of amides is 1. The molecule has 0 spiro atoms. The van der Waals surface area contributed by atoms with E-state index in [9.17, 15) is 13.2 Å². The molecule has 0 aliphatic carbocycles. The van der Waals surface area contributed by atoms with Crippen LogP contribution in [0.4, 0.5) is 11.4 Å². The fraction of sp³-hybridized carbons (Fsp3) is 0.208. The monoisotopic (exact) mass is 438 g/mol. The minimum absolute atomic E-state index is 0.0344. The topological polar surface area (TPSA) is 84.5 Å². The Balaban J connectivity index is 1.65. The van der Waals surface area contributed by atoms with Gasteiger partial charge in [0.1, 0.15) is 5.75 Å². The highest BCUT2D eigenvalue weighted by Crippen LogP contribution is 2.26. The average Bonchev–Trinajstić information content (AvgIpc) is 2.74. The summed E-state index contributed by atoms with van der Waals surface area (Å²) in [7, 11) is -3.78. The van der Waals surface area contributed by atoms with Crippen LogP contribution in [0.5, 0.6) is 5.75 Å². The minimum Gasteiger partial charge on any atom is -0.484 e. The normalized spacial score (nSPS) is 11.6. The van der Waals surface area contributed by atoms with E-state index in [1.54, 1.807) is 42.5 Å². The minimum atomic E-state index is -3.78. The second kappa shape index (κ2) is 9.22. The zero-order valence-corrected chi connectivity index (χ0v) is 18.6. The zero-order valence-electron chi connectivity index (χ0n) is 17.8. The van der Waals surface area contributed by atoms with E-state index in [0.717, 1.165) is 0 Å². The molecule has 162 valence electrons. The molecule has 0 radical (unpaired) electrons. The predicted molar refractivity (Wildman–Crippen MR) is 123 cm³/mol. The van der Waals surface area contributed by atoms with Gasteiger partial charge in [-0.05, 0) is 47.4 Å². The average molecular weight is 439 g/mol. The van der Waals surface area contributed by atoms with Gasteiger partial charge in [-0.3, -0.25) is 9.52 Å². The summed E-state index contributed by atoms with van der Waals surface area (Å²) in [5, 5.41) is 2.70. The molecule has 0 saturated carbocycles. The Morgan fingerprint density at radius 1 is 0.839 bits per heavy atom. The van der Waals surface area contributed by atoms with Gasteiger partial charge in [0.2, 0.25) is 0 Å². The van der Waals surface area contributed by atoms with Crippen molar-refractivity contribution in [3.05, 3.63) is 84.4 Å². The van der Waals surface area contributed by atoms with Gasteiger partial charge in [0.05, 0.1) is 16.3 Å². The number of anilines is 2. The van der Waals surface area contributed by atoms with Crippen LogP contribution in [0.25, 0.3) is 0 Å². The number of carbonyl (C=O) groups excluding carboxylic acids is 1. The molecule has 6 nitrogen and oxygen atoms in total. The third kappa shape index (κ3) is 6.08. The number of nitrogens with one attached hydrogen (secondary N) is 2. The summed E-state index contributed by atoms with van der Waals surface area (Å²) in [6.07, 6.45) is 0. The van der Waals surface area contributed by atoms with Crippen molar-refractivity contribution in [1.82, 2.24) is 0 Å². The Morgan fingerprint density at radius 3 is 2.03 bits per heavy atom. The fourth-order valence-corrected chi connectivity index (χ4v) is 3.97. The van der Waals surface area contributed by atoms with Crippen molar-refractivity contribution in [1.29, 1.82) is 0 Å². The standard InChI is InChI=1S/C24H26N2O4S/c1-24(2,3)18-13-15-19(16-14-18)30-17-23(27)25-21-11-7-8-12-22(21)26-31(28,29)20-9-5-4-6-10-20/h4-16,26H,17H2,1-3H3,(H,25,27). The zero-order chi connectivity index (χ0) is 22.5. The fourth-order valence-electron chi connectivity index (χ4n) is 2.87. The number of ether oxygens (including phenoxy) is 1. The smallest absolute Gasteiger partial charge is 0.262 e. The first-order valence-corrected chi connectivity index (χ1v) is 11.3. The summed E-state index contributed by atoms with van der Waals surface area (Å²) in [4.78, 5) is 12.5.